The number of rotatable bonds is 6. The van der Waals surface area contributed by atoms with Gasteiger partial charge in [-0.1, -0.05) is 13.8 Å². The summed E-state index contributed by atoms with van der Waals surface area (Å²) in [5.41, 5.74) is 1.23. The fourth-order valence-electron chi connectivity index (χ4n) is 2.62. The first-order valence-corrected chi connectivity index (χ1v) is 6.73. The zero-order valence-corrected chi connectivity index (χ0v) is 11.0. The Bertz CT molecular complexity index is 302. The van der Waals surface area contributed by atoms with Gasteiger partial charge in [0.15, 0.2) is 0 Å². The molecule has 1 aliphatic rings. The highest BCUT2D eigenvalue weighted by atomic mass is 16.3. The lowest BCUT2D eigenvalue weighted by molar-refractivity contribution is 0.186. The molecule has 0 amide bonds. The molecule has 0 saturated carbocycles. The van der Waals surface area contributed by atoms with Crippen LogP contribution in [-0.2, 0) is 6.54 Å². The molecule has 1 aromatic rings. The quantitative estimate of drug-likeness (QED) is 0.822. The second-order valence-electron chi connectivity index (χ2n) is 5.32. The van der Waals surface area contributed by atoms with Crippen molar-refractivity contribution in [2.24, 2.45) is 5.92 Å². The van der Waals surface area contributed by atoms with Gasteiger partial charge < -0.3 is 9.73 Å². The highest BCUT2D eigenvalue weighted by Crippen LogP contribution is 2.17. The first-order chi connectivity index (χ1) is 8.27. The predicted octanol–water partition coefficient (Wildman–Crippen LogP) is 2.49. The van der Waals surface area contributed by atoms with Crippen molar-refractivity contribution < 1.29 is 4.42 Å². The van der Waals surface area contributed by atoms with E-state index in [4.69, 9.17) is 4.42 Å². The second kappa shape index (κ2) is 6.22. The molecule has 1 fully saturated rings. The first-order valence-electron chi connectivity index (χ1n) is 6.73. The van der Waals surface area contributed by atoms with Crippen LogP contribution >= 0.6 is 0 Å². The van der Waals surface area contributed by atoms with E-state index in [1.54, 1.807) is 6.26 Å². The Kier molecular flexibility index (Phi) is 4.63. The molecule has 3 heteroatoms. The molecule has 0 aliphatic carbocycles. The van der Waals surface area contributed by atoms with Gasteiger partial charge in [0, 0.05) is 24.7 Å². The van der Waals surface area contributed by atoms with Crippen molar-refractivity contribution in [2.75, 3.05) is 19.6 Å². The van der Waals surface area contributed by atoms with E-state index in [2.05, 4.69) is 24.1 Å². The summed E-state index contributed by atoms with van der Waals surface area (Å²) >= 11 is 0. The van der Waals surface area contributed by atoms with Crippen molar-refractivity contribution in [1.29, 1.82) is 0 Å². The molecular formula is C14H24N2O. The number of hydrogen-bond acceptors (Lipinski definition) is 3. The Labute approximate surface area is 104 Å². The predicted molar refractivity (Wildman–Crippen MR) is 69.8 cm³/mol. The first kappa shape index (κ1) is 12.7. The minimum Gasteiger partial charge on any atom is -0.472 e. The van der Waals surface area contributed by atoms with E-state index in [-0.39, 0.29) is 0 Å². The van der Waals surface area contributed by atoms with E-state index in [0.29, 0.717) is 12.0 Å². The van der Waals surface area contributed by atoms with Crippen LogP contribution < -0.4 is 5.32 Å². The largest absolute Gasteiger partial charge is 0.472 e. The molecular weight excluding hydrogens is 212 g/mol. The smallest absolute Gasteiger partial charge is 0.0947 e. The Morgan fingerprint density at radius 1 is 1.35 bits per heavy atom. The lowest BCUT2D eigenvalue weighted by atomic mass is 10.0. The summed E-state index contributed by atoms with van der Waals surface area (Å²) in [5.74, 6) is 0.713. The monoisotopic (exact) mass is 236 g/mol. The highest BCUT2D eigenvalue weighted by molar-refractivity contribution is 5.04. The Morgan fingerprint density at radius 3 is 2.71 bits per heavy atom. The Balaban J connectivity index is 1.77. The average Bonchev–Trinajstić information content (AvgIpc) is 2.96. The van der Waals surface area contributed by atoms with Crippen molar-refractivity contribution in [1.82, 2.24) is 10.2 Å². The van der Waals surface area contributed by atoms with E-state index >= 15 is 0 Å². The van der Waals surface area contributed by atoms with Gasteiger partial charge in [-0.05, 0) is 37.9 Å². The summed E-state index contributed by atoms with van der Waals surface area (Å²) in [6.45, 7) is 9.17. The molecule has 1 atom stereocenters. The van der Waals surface area contributed by atoms with Crippen molar-refractivity contribution in [3.63, 3.8) is 0 Å². The van der Waals surface area contributed by atoms with Gasteiger partial charge in [0.05, 0.1) is 12.5 Å². The zero-order valence-electron chi connectivity index (χ0n) is 11.0. The minimum absolute atomic E-state index is 0.671. The van der Waals surface area contributed by atoms with Crippen LogP contribution in [0.25, 0.3) is 0 Å². The van der Waals surface area contributed by atoms with Gasteiger partial charge in [-0.2, -0.15) is 0 Å². The third kappa shape index (κ3) is 3.58. The van der Waals surface area contributed by atoms with Crippen LogP contribution in [0.3, 0.4) is 0 Å². The van der Waals surface area contributed by atoms with Crippen LogP contribution in [0, 0.1) is 5.92 Å². The molecule has 2 rings (SSSR count). The normalized spacial score (nSPS) is 19.0. The number of furan rings is 1. The zero-order chi connectivity index (χ0) is 12.1. The summed E-state index contributed by atoms with van der Waals surface area (Å²) in [6, 6.07) is 2.69. The number of hydrogen-bond donors (Lipinski definition) is 1. The van der Waals surface area contributed by atoms with Crippen LogP contribution in [0.15, 0.2) is 23.0 Å². The van der Waals surface area contributed by atoms with E-state index < -0.39 is 0 Å². The fourth-order valence-corrected chi connectivity index (χ4v) is 2.62. The lowest BCUT2D eigenvalue weighted by Crippen LogP contribution is -2.44. The molecule has 2 heterocycles. The number of nitrogens with one attached hydrogen (secondary N) is 1. The maximum absolute atomic E-state index is 5.07. The third-order valence-electron chi connectivity index (χ3n) is 3.64. The van der Waals surface area contributed by atoms with Crippen molar-refractivity contribution in [3.8, 4) is 0 Å². The van der Waals surface area contributed by atoms with E-state index in [9.17, 15) is 0 Å². The fraction of sp³-hybridized carbons (Fsp3) is 0.714. The van der Waals surface area contributed by atoms with Gasteiger partial charge in [0.25, 0.3) is 0 Å². The molecule has 1 saturated heterocycles. The van der Waals surface area contributed by atoms with Crippen LogP contribution in [0.1, 0.15) is 32.3 Å². The van der Waals surface area contributed by atoms with Crippen LogP contribution in [0.2, 0.25) is 0 Å². The molecule has 0 radical (unpaired) electrons. The summed E-state index contributed by atoms with van der Waals surface area (Å²) in [5, 5.41) is 3.54. The maximum Gasteiger partial charge on any atom is 0.0947 e. The van der Waals surface area contributed by atoms with E-state index in [0.717, 1.165) is 13.1 Å². The summed E-state index contributed by atoms with van der Waals surface area (Å²) in [6.07, 6.45) is 6.28. The Morgan fingerprint density at radius 2 is 2.12 bits per heavy atom. The Hall–Kier alpha value is -0.800. The average molecular weight is 236 g/mol. The summed E-state index contributed by atoms with van der Waals surface area (Å²) in [4.78, 5) is 2.63. The third-order valence-corrected chi connectivity index (χ3v) is 3.64. The molecule has 1 N–H and O–H groups in total. The van der Waals surface area contributed by atoms with Gasteiger partial charge >= 0.3 is 0 Å². The molecule has 0 aromatic carbocycles. The molecule has 1 aliphatic heterocycles. The van der Waals surface area contributed by atoms with E-state index in [1.165, 1.54) is 31.5 Å². The molecule has 1 aromatic heterocycles. The SMILES string of the molecule is CC(C)C(CNCc1ccoc1)N1CCCC1. The molecule has 3 nitrogen and oxygen atoms in total. The van der Waals surface area contributed by atoms with Gasteiger partial charge in [-0.15, -0.1) is 0 Å². The number of likely N-dealkylation sites (tertiary alicyclic amines) is 1. The van der Waals surface area contributed by atoms with Crippen molar-refractivity contribution in [3.05, 3.63) is 24.2 Å². The summed E-state index contributed by atoms with van der Waals surface area (Å²) < 4.78 is 5.07. The standard InChI is InChI=1S/C14H24N2O/c1-12(2)14(16-6-3-4-7-16)10-15-9-13-5-8-17-11-13/h5,8,11-12,14-15H,3-4,6-7,9-10H2,1-2H3. The minimum atomic E-state index is 0.671. The van der Waals surface area contributed by atoms with Crippen LogP contribution in [0.5, 0.6) is 0 Å². The molecule has 1 unspecified atom stereocenters. The van der Waals surface area contributed by atoms with Crippen LogP contribution in [0.4, 0.5) is 0 Å². The molecule has 17 heavy (non-hydrogen) atoms. The van der Waals surface area contributed by atoms with Crippen LogP contribution in [-0.4, -0.2) is 30.6 Å². The van der Waals surface area contributed by atoms with Gasteiger partial charge in [-0.25, -0.2) is 0 Å². The molecule has 96 valence electrons. The second-order valence-corrected chi connectivity index (χ2v) is 5.32. The molecule has 0 bridgehead atoms. The highest BCUT2D eigenvalue weighted by Gasteiger charge is 2.23. The van der Waals surface area contributed by atoms with Crippen molar-refractivity contribution in [2.45, 2.75) is 39.3 Å². The van der Waals surface area contributed by atoms with Gasteiger partial charge in [0.1, 0.15) is 0 Å². The molecule has 0 spiro atoms. The van der Waals surface area contributed by atoms with E-state index in [1.807, 2.05) is 12.3 Å². The summed E-state index contributed by atoms with van der Waals surface area (Å²) in [7, 11) is 0. The number of nitrogens with zero attached hydrogens (tertiary/aromatic N) is 1. The topological polar surface area (TPSA) is 28.4 Å². The maximum atomic E-state index is 5.07. The lowest BCUT2D eigenvalue weighted by Gasteiger charge is -2.31. The van der Waals surface area contributed by atoms with Gasteiger partial charge in [-0.3, -0.25) is 4.90 Å². The van der Waals surface area contributed by atoms with Gasteiger partial charge in [0.2, 0.25) is 0 Å². The van der Waals surface area contributed by atoms with Crippen molar-refractivity contribution >= 4 is 0 Å².